The number of aliphatic hydroxyl groups excluding tert-OH is 3. The molecule has 0 bridgehead atoms. The Kier molecular flexibility index (Phi) is 29.5. The van der Waals surface area contributed by atoms with Gasteiger partial charge in [-0.2, -0.15) is 11.8 Å². The fourth-order valence-electron chi connectivity index (χ4n) is 6.62. The Morgan fingerprint density at radius 1 is 0.600 bits per heavy atom. The Morgan fingerprint density at radius 2 is 1.05 bits per heavy atom. The Bertz CT molecular complexity index is 1550. The van der Waals surface area contributed by atoms with Crippen LogP contribution >= 0.6 is 11.8 Å². The molecule has 0 aromatic carbocycles. The lowest BCUT2D eigenvalue weighted by Crippen LogP contribution is -2.61. The lowest BCUT2D eigenvalue weighted by Gasteiger charge is -2.30. The summed E-state index contributed by atoms with van der Waals surface area (Å²) < 4.78 is 0. The largest absolute Gasteiger partial charge is 0.480 e. The standard InChI is InChI=1S/C39H72N12O13S/c1-65-18-13-23(43)32(56)44-19-31(55)45-27(20-52)34(58)50-28(21-53)35(59)46-24(9-2-5-14-40)33(57)49-29(22-54)36(60)47-25(10-3-6-15-41)38(62)51-17-8-12-30(51)37(61)48-26(39(63)64)11-4-7-16-42/h23-30,52-54H,2-22,40-43H2,1H3,(H,44,56)(H,45,55)(H,46,59)(H,47,60)(H,48,61)(H,49,57)(H,50,58)(H,63,64). The molecule has 8 amide bonds. The van der Waals surface area contributed by atoms with Crippen molar-refractivity contribution in [2.45, 2.75) is 125 Å². The van der Waals surface area contributed by atoms with Crippen LogP contribution in [0.1, 0.15) is 77.0 Å². The topological polar surface area (TPSA) is 426 Å². The first-order valence-electron chi connectivity index (χ1n) is 21.8. The average molecular weight is 949 g/mol. The maximum atomic E-state index is 14.0. The van der Waals surface area contributed by atoms with Gasteiger partial charge < -0.3 is 85.5 Å². The van der Waals surface area contributed by atoms with E-state index in [1.807, 2.05) is 6.26 Å². The zero-order valence-corrected chi connectivity index (χ0v) is 37.9. The molecule has 0 spiro atoms. The van der Waals surface area contributed by atoms with Gasteiger partial charge in [-0.25, -0.2) is 4.79 Å². The van der Waals surface area contributed by atoms with Gasteiger partial charge in [-0.1, -0.05) is 0 Å². The SMILES string of the molecule is CSCCC(N)C(=O)NCC(=O)NC(CO)C(=O)NC(CO)C(=O)NC(CCCCN)C(=O)NC(CO)C(=O)NC(CCCCN)C(=O)N1CCCC1C(=O)NC(CCCCN)C(=O)O. The summed E-state index contributed by atoms with van der Waals surface area (Å²) in [6.07, 6.45) is 5.50. The lowest BCUT2D eigenvalue weighted by atomic mass is 10.1. The van der Waals surface area contributed by atoms with Crippen molar-refractivity contribution in [3.05, 3.63) is 0 Å². The Morgan fingerprint density at radius 3 is 1.52 bits per heavy atom. The zero-order chi connectivity index (χ0) is 48.9. The number of amides is 8. The van der Waals surface area contributed by atoms with Gasteiger partial charge >= 0.3 is 5.97 Å². The van der Waals surface area contributed by atoms with Gasteiger partial charge in [0, 0.05) is 6.54 Å². The monoisotopic (exact) mass is 949 g/mol. The van der Waals surface area contributed by atoms with Crippen LogP contribution in [0.4, 0.5) is 0 Å². The Balaban J connectivity index is 3.11. The first-order valence-corrected chi connectivity index (χ1v) is 23.2. The van der Waals surface area contributed by atoms with Crippen LogP contribution < -0.4 is 60.2 Å². The van der Waals surface area contributed by atoms with E-state index in [-0.39, 0.29) is 51.7 Å². The highest BCUT2D eigenvalue weighted by molar-refractivity contribution is 7.98. The van der Waals surface area contributed by atoms with Gasteiger partial charge in [0.25, 0.3) is 0 Å². The minimum atomic E-state index is -1.72. The van der Waals surface area contributed by atoms with E-state index in [2.05, 4.69) is 37.2 Å². The third-order valence-corrected chi connectivity index (χ3v) is 11.0. The van der Waals surface area contributed by atoms with Crippen molar-refractivity contribution in [1.82, 2.24) is 42.1 Å². The summed E-state index contributed by atoms with van der Waals surface area (Å²) in [5.74, 6) is -7.56. The minimum Gasteiger partial charge on any atom is -0.480 e. The highest BCUT2D eigenvalue weighted by atomic mass is 32.2. The van der Waals surface area contributed by atoms with E-state index in [4.69, 9.17) is 22.9 Å². The van der Waals surface area contributed by atoms with Gasteiger partial charge in [0.2, 0.25) is 47.3 Å². The molecule has 0 aromatic heterocycles. The van der Waals surface area contributed by atoms with Crippen LogP contribution in [0.5, 0.6) is 0 Å². The number of hydrogen-bond donors (Lipinski definition) is 15. The summed E-state index contributed by atoms with van der Waals surface area (Å²) in [6, 6.07) is -10.8. The smallest absolute Gasteiger partial charge is 0.326 e. The normalized spacial score (nSPS) is 16.7. The fourth-order valence-corrected chi connectivity index (χ4v) is 7.11. The summed E-state index contributed by atoms with van der Waals surface area (Å²) in [5.41, 5.74) is 22.6. The molecular weight excluding hydrogens is 877 g/mol. The fraction of sp³-hybridized carbons (Fsp3) is 0.769. The number of likely N-dealkylation sites (tertiary alicyclic amines) is 1. The van der Waals surface area contributed by atoms with E-state index in [0.29, 0.717) is 57.2 Å². The third kappa shape index (κ3) is 21.4. The molecule has 0 saturated carbocycles. The van der Waals surface area contributed by atoms with E-state index in [0.717, 1.165) is 0 Å². The van der Waals surface area contributed by atoms with Gasteiger partial charge in [0.15, 0.2) is 0 Å². The number of rotatable bonds is 34. The van der Waals surface area contributed by atoms with Crippen LogP contribution in [0.2, 0.25) is 0 Å². The van der Waals surface area contributed by atoms with E-state index in [1.54, 1.807) is 0 Å². The van der Waals surface area contributed by atoms with Gasteiger partial charge in [0.1, 0.15) is 42.3 Å². The van der Waals surface area contributed by atoms with Crippen molar-refractivity contribution in [3.8, 4) is 0 Å². The number of aliphatic carboxylic acids is 1. The van der Waals surface area contributed by atoms with Crippen molar-refractivity contribution < 1.29 is 63.6 Å². The van der Waals surface area contributed by atoms with Crippen molar-refractivity contribution in [1.29, 1.82) is 0 Å². The number of carbonyl (C=O) groups is 9. The molecule has 0 aromatic rings. The number of carboxylic acid groups (broad SMARTS) is 1. The molecule has 372 valence electrons. The molecule has 26 heteroatoms. The summed E-state index contributed by atoms with van der Waals surface area (Å²) >= 11 is 1.48. The number of carbonyl (C=O) groups excluding carboxylic acids is 8. The molecule has 1 aliphatic rings. The van der Waals surface area contributed by atoms with Crippen LogP contribution in [0, 0.1) is 0 Å². The highest BCUT2D eigenvalue weighted by Gasteiger charge is 2.40. The summed E-state index contributed by atoms with van der Waals surface area (Å²) in [7, 11) is 0. The zero-order valence-electron chi connectivity index (χ0n) is 37.1. The Labute approximate surface area is 382 Å². The molecule has 0 aliphatic carbocycles. The molecule has 0 radical (unpaired) electrons. The van der Waals surface area contributed by atoms with Crippen LogP contribution in [-0.2, 0) is 43.2 Å². The molecule has 8 atom stereocenters. The summed E-state index contributed by atoms with van der Waals surface area (Å²) in [4.78, 5) is 119. The lowest BCUT2D eigenvalue weighted by molar-refractivity contribution is -0.145. The second kappa shape index (κ2) is 32.9. The molecule has 8 unspecified atom stereocenters. The molecule has 65 heavy (non-hydrogen) atoms. The van der Waals surface area contributed by atoms with E-state index < -0.39 is 128 Å². The van der Waals surface area contributed by atoms with Crippen molar-refractivity contribution >= 4 is 65.0 Å². The minimum absolute atomic E-state index is 0.0585. The number of unbranched alkanes of at least 4 members (excludes halogenated alkanes) is 3. The average Bonchev–Trinajstić information content (AvgIpc) is 3.79. The van der Waals surface area contributed by atoms with Gasteiger partial charge in [0.05, 0.1) is 32.4 Å². The summed E-state index contributed by atoms with van der Waals surface area (Å²) in [6.45, 7) is -2.51. The summed E-state index contributed by atoms with van der Waals surface area (Å²) in [5, 5.41) is 56.2. The Hall–Kier alpha value is -4.70. The molecule has 1 heterocycles. The van der Waals surface area contributed by atoms with Crippen LogP contribution in [0.3, 0.4) is 0 Å². The first-order chi connectivity index (χ1) is 31.0. The number of thioether (sulfide) groups is 1. The van der Waals surface area contributed by atoms with E-state index in [1.165, 1.54) is 16.7 Å². The van der Waals surface area contributed by atoms with Gasteiger partial charge in [-0.05, 0) is 109 Å². The third-order valence-electron chi connectivity index (χ3n) is 10.4. The van der Waals surface area contributed by atoms with Crippen molar-refractivity contribution in [2.24, 2.45) is 22.9 Å². The van der Waals surface area contributed by atoms with Crippen molar-refractivity contribution in [2.75, 3.05) is 64.6 Å². The maximum absolute atomic E-state index is 14.0. The van der Waals surface area contributed by atoms with E-state index in [9.17, 15) is 63.6 Å². The molecular formula is C39H72N12O13S. The van der Waals surface area contributed by atoms with Crippen molar-refractivity contribution in [3.63, 3.8) is 0 Å². The second-order valence-corrected chi connectivity index (χ2v) is 16.4. The van der Waals surface area contributed by atoms with E-state index >= 15 is 0 Å². The predicted molar refractivity (Wildman–Crippen MR) is 238 cm³/mol. The van der Waals surface area contributed by atoms with Crippen LogP contribution in [0.15, 0.2) is 0 Å². The van der Waals surface area contributed by atoms with Gasteiger partial charge in [-0.3, -0.25) is 38.4 Å². The molecule has 1 aliphatic heterocycles. The number of carboxylic acids is 1. The number of nitrogens with one attached hydrogen (secondary N) is 7. The number of hydrogen-bond acceptors (Lipinski definition) is 17. The molecule has 1 saturated heterocycles. The quantitative estimate of drug-likeness (QED) is 0.0267. The first kappa shape index (κ1) is 58.3. The van der Waals surface area contributed by atoms with Crippen LogP contribution in [-0.4, -0.2) is 191 Å². The number of aliphatic hydroxyl groups is 3. The van der Waals surface area contributed by atoms with Crippen LogP contribution in [0.25, 0.3) is 0 Å². The second-order valence-electron chi connectivity index (χ2n) is 15.5. The molecule has 1 fully saturated rings. The number of nitrogens with two attached hydrogens (primary N) is 4. The predicted octanol–water partition coefficient (Wildman–Crippen LogP) is -6.47. The molecule has 19 N–H and O–H groups in total. The maximum Gasteiger partial charge on any atom is 0.326 e. The highest BCUT2D eigenvalue weighted by Crippen LogP contribution is 2.21. The number of nitrogens with zero attached hydrogens (tertiary/aromatic N) is 1. The molecule has 1 rings (SSSR count). The van der Waals surface area contributed by atoms with Gasteiger partial charge in [-0.15, -0.1) is 0 Å². The molecule has 25 nitrogen and oxygen atoms in total.